The van der Waals surface area contributed by atoms with Gasteiger partial charge in [0.25, 0.3) is 0 Å². The fourth-order valence-electron chi connectivity index (χ4n) is 4.67. The van der Waals surface area contributed by atoms with Gasteiger partial charge < -0.3 is 4.57 Å². The minimum Gasteiger partial charge on any atom is -0.309 e. The van der Waals surface area contributed by atoms with Gasteiger partial charge >= 0.3 is 0 Å². The van der Waals surface area contributed by atoms with Crippen molar-refractivity contribution in [3.05, 3.63) is 28.2 Å². The van der Waals surface area contributed by atoms with Crippen LogP contribution >= 0.6 is 23.6 Å². The molecule has 2 saturated carbocycles. The Balaban J connectivity index is 1.64. The normalized spacial score (nSPS) is 20.9. The molecule has 1 aromatic carbocycles. The molecule has 0 unspecified atom stereocenters. The van der Waals surface area contributed by atoms with Gasteiger partial charge in [-0.25, -0.2) is 0 Å². The summed E-state index contributed by atoms with van der Waals surface area (Å²) in [5, 5.41) is 0. The van der Waals surface area contributed by atoms with E-state index in [0.29, 0.717) is 0 Å². The number of benzene rings is 1. The summed E-state index contributed by atoms with van der Waals surface area (Å²) in [5.41, 5.74) is 1.32. The van der Waals surface area contributed by atoms with Crippen LogP contribution in [0.2, 0.25) is 0 Å². The van der Waals surface area contributed by atoms with Gasteiger partial charge in [0.05, 0.1) is 16.9 Å². The number of fused-ring (bicyclic) bond motifs is 1. The summed E-state index contributed by atoms with van der Waals surface area (Å²) < 4.78 is 4.76. The first-order valence-corrected chi connectivity index (χ1v) is 10.9. The second-order valence-electron chi connectivity index (χ2n) is 7.50. The molecular formula is C20H28N2S2. The Labute approximate surface area is 154 Å². The molecule has 0 saturated heterocycles. The topological polar surface area (TPSA) is 8.17 Å². The molecule has 1 heterocycles. The molecule has 0 N–H and O–H groups in total. The van der Waals surface area contributed by atoms with Crippen molar-refractivity contribution >= 4 is 33.8 Å². The number of thiazole rings is 1. The van der Waals surface area contributed by atoms with Crippen LogP contribution < -0.4 is 0 Å². The van der Waals surface area contributed by atoms with Crippen molar-refractivity contribution in [1.82, 2.24) is 9.47 Å². The highest BCUT2D eigenvalue weighted by atomic mass is 32.1. The van der Waals surface area contributed by atoms with E-state index in [1.54, 1.807) is 11.3 Å². The summed E-state index contributed by atoms with van der Waals surface area (Å²) in [7, 11) is 0. The standard InChI is InChI=1S/C20H28N2S2/c23-20-22(18-13-7-8-14-19(18)24-20)15-21(16-9-3-1-4-10-16)17-11-5-2-6-12-17/h7-8,13-14,16-17H,1-6,9-12,15H2. The summed E-state index contributed by atoms with van der Waals surface area (Å²) in [4.78, 5) is 2.84. The Morgan fingerprint density at radius 1 is 0.917 bits per heavy atom. The van der Waals surface area contributed by atoms with E-state index in [0.717, 1.165) is 22.7 Å². The van der Waals surface area contributed by atoms with E-state index < -0.39 is 0 Å². The smallest absolute Gasteiger partial charge is 0.163 e. The number of hydrogen-bond donors (Lipinski definition) is 0. The van der Waals surface area contributed by atoms with Gasteiger partial charge in [-0.1, -0.05) is 50.7 Å². The third-order valence-electron chi connectivity index (χ3n) is 5.97. The monoisotopic (exact) mass is 360 g/mol. The van der Waals surface area contributed by atoms with Crippen LogP contribution in [0, 0.1) is 3.95 Å². The molecule has 2 fully saturated rings. The molecule has 4 rings (SSSR count). The summed E-state index contributed by atoms with van der Waals surface area (Å²) in [6, 6.07) is 10.2. The first-order chi connectivity index (χ1) is 11.8. The molecule has 2 aliphatic rings. The molecule has 0 amide bonds. The molecule has 2 aliphatic carbocycles. The van der Waals surface area contributed by atoms with Crippen molar-refractivity contribution < 1.29 is 0 Å². The molecule has 24 heavy (non-hydrogen) atoms. The number of para-hydroxylation sites is 1. The molecule has 0 radical (unpaired) electrons. The summed E-state index contributed by atoms with van der Waals surface area (Å²) in [6.45, 7) is 0.998. The molecule has 1 aromatic heterocycles. The van der Waals surface area contributed by atoms with Crippen LogP contribution in [0.3, 0.4) is 0 Å². The molecule has 0 bridgehead atoms. The molecule has 130 valence electrons. The number of rotatable bonds is 4. The largest absolute Gasteiger partial charge is 0.309 e. The van der Waals surface area contributed by atoms with Crippen molar-refractivity contribution in [1.29, 1.82) is 0 Å². The number of nitrogens with zero attached hydrogens (tertiary/aromatic N) is 2. The lowest BCUT2D eigenvalue weighted by atomic mass is 9.89. The zero-order chi connectivity index (χ0) is 16.4. The van der Waals surface area contributed by atoms with Crippen LogP contribution in [-0.4, -0.2) is 21.6 Å². The molecular weight excluding hydrogens is 332 g/mol. The Morgan fingerprint density at radius 3 is 2.12 bits per heavy atom. The van der Waals surface area contributed by atoms with Crippen molar-refractivity contribution in [3.8, 4) is 0 Å². The van der Waals surface area contributed by atoms with E-state index in [1.165, 1.54) is 74.4 Å². The van der Waals surface area contributed by atoms with Crippen LogP contribution in [0.15, 0.2) is 24.3 Å². The van der Waals surface area contributed by atoms with Gasteiger partial charge in [-0.05, 0) is 50.0 Å². The Kier molecular flexibility index (Phi) is 5.35. The minimum atomic E-state index is 0.766. The number of hydrogen-bond acceptors (Lipinski definition) is 3. The van der Waals surface area contributed by atoms with Crippen molar-refractivity contribution in [2.24, 2.45) is 0 Å². The summed E-state index contributed by atoms with van der Waals surface area (Å²) >= 11 is 7.49. The van der Waals surface area contributed by atoms with Gasteiger partial charge in [0, 0.05) is 12.1 Å². The molecule has 2 nitrogen and oxygen atoms in total. The third-order valence-corrected chi connectivity index (χ3v) is 7.40. The second-order valence-corrected chi connectivity index (χ2v) is 9.18. The zero-order valence-electron chi connectivity index (χ0n) is 14.5. The highest BCUT2D eigenvalue weighted by Crippen LogP contribution is 2.32. The summed E-state index contributed by atoms with van der Waals surface area (Å²) in [6.07, 6.45) is 14.0. The Morgan fingerprint density at radius 2 is 1.50 bits per heavy atom. The van der Waals surface area contributed by atoms with E-state index in [-0.39, 0.29) is 0 Å². The van der Waals surface area contributed by atoms with E-state index in [9.17, 15) is 0 Å². The van der Waals surface area contributed by atoms with Crippen LogP contribution in [0.4, 0.5) is 0 Å². The highest BCUT2D eigenvalue weighted by Gasteiger charge is 2.29. The Bertz CT molecular complexity index is 703. The number of aromatic nitrogens is 1. The minimum absolute atomic E-state index is 0.766. The summed E-state index contributed by atoms with van der Waals surface area (Å²) in [5.74, 6) is 0. The Hall–Kier alpha value is -0.710. The molecule has 0 spiro atoms. The first-order valence-electron chi connectivity index (χ1n) is 9.67. The van der Waals surface area contributed by atoms with Crippen LogP contribution in [0.1, 0.15) is 64.2 Å². The maximum absolute atomic E-state index is 5.73. The van der Waals surface area contributed by atoms with Crippen LogP contribution in [0.5, 0.6) is 0 Å². The third kappa shape index (κ3) is 3.47. The maximum Gasteiger partial charge on any atom is 0.163 e. The van der Waals surface area contributed by atoms with E-state index >= 15 is 0 Å². The molecule has 0 atom stereocenters. The maximum atomic E-state index is 5.73. The first kappa shape index (κ1) is 16.7. The van der Waals surface area contributed by atoms with Gasteiger partial charge in [-0.2, -0.15) is 0 Å². The predicted octanol–water partition coefficient (Wildman–Crippen LogP) is 6.36. The lowest BCUT2D eigenvalue weighted by Crippen LogP contribution is -2.45. The average Bonchev–Trinajstić information content (AvgIpc) is 2.96. The van der Waals surface area contributed by atoms with Gasteiger partial charge in [-0.15, -0.1) is 11.3 Å². The van der Waals surface area contributed by atoms with Gasteiger partial charge in [0.1, 0.15) is 0 Å². The lowest BCUT2D eigenvalue weighted by Gasteiger charge is -2.41. The van der Waals surface area contributed by atoms with Gasteiger partial charge in [0.2, 0.25) is 0 Å². The van der Waals surface area contributed by atoms with E-state index in [1.807, 2.05) is 0 Å². The fraction of sp³-hybridized carbons (Fsp3) is 0.650. The van der Waals surface area contributed by atoms with Crippen LogP contribution in [-0.2, 0) is 6.67 Å². The zero-order valence-corrected chi connectivity index (χ0v) is 16.1. The van der Waals surface area contributed by atoms with Gasteiger partial charge in [0.15, 0.2) is 3.95 Å². The molecule has 2 aromatic rings. The SMILES string of the molecule is S=c1sc2ccccc2n1CN(C1CCCCC1)C1CCCCC1. The van der Waals surface area contributed by atoms with Crippen molar-refractivity contribution in [3.63, 3.8) is 0 Å². The highest BCUT2D eigenvalue weighted by molar-refractivity contribution is 7.73. The van der Waals surface area contributed by atoms with Gasteiger partial charge in [-0.3, -0.25) is 4.90 Å². The van der Waals surface area contributed by atoms with E-state index in [4.69, 9.17) is 12.2 Å². The van der Waals surface area contributed by atoms with Crippen molar-refractivity contribution in [2.45, 2.75) is 83.0 Å². The average molecular weight is 361 g/mol. The quantitative estimate of drug-likeness (QED) is 0.586. The van der Waals surface area contributed by atoms with Crippen molar-refractivity contribution in [2.75, 3.05) is 0 Å². The predicted molar refractivity (Wildman–Crippen MR) is 106 cm³/mol. The lowest BCUT2D eigenvalue weighted by molar-refractivity contribution is 0.0516. The molecule has 4 heteroatoms. The van der Waals surface area contributed by atoms with E-state index in [2.05, 4.69) is 33.7 Å². The fourth-order valence-corrected chi connectivity index (χ4v) is 5.97. The van der Waals surface area contributed by atoms with Crippen LogP contribution in [0.25, 0.3) is 10.2 Å². The molecule has 0 aliphatic heterocycles. The second kappa shape index (κ2) is 7.67.